The Balaban J connectivity index is 1.17. The highest BCUT2D eigenvalue weighted by atomic mass is 14.9. The third kappa shape index (κ3) is 7.09. The number of hydrogen-bond donors (Lipinski definition) is 0. The number of nitrogens with zero attached hydrogens (tertiary/aromatic N) is 3. The average molecular weight is 758 g/mol. The summed E-state index contributed by atoms with van der Waals surface area (Å²) in [6.07, 6.45) is 7.93. The molecule has 9 aromatic rings. The van der Waals surface area contributed by atoms with Gasteiger partial charge in [0.05, 0.1) is 11.4 Å². The van der Waals surface area contributed by atoms with Crippen molar-refractivity contribution in [2.75, 3.05) is 6.54 Å². The van der Waals surface area contributed by atoms with Crippen LogP contribution in [0.3, 0.4) is 0 Å². The van der Waals surface area contributed by atoms with Gasteiger partial charge >= 0.3 is 0 Å². The van der Waals surface area contributed by atoms with Crippen LogP contribution in [-0.4, -0.2) is 22.7 Å². The molecule has 0 radical (unpaired) electrons. The lowest BCUT2D eigenvalue weighted by Crippen LogP contribution is -1.97. The summed E-state index contributed by atoms with van der Waals surface area (Å²) in [5, 5.41) is 7.16. The molecule has 3 nitrogen and oxygen atoms in total. The Morgan fingerprint density at radius 1 is 0.508 bits per heavy atom. The van der Waals surface area contributed by atoms with Crippen LogP contribution >= 0.6 is 0 Å². The summed E-state index contributed by atoms with van der Waals surface area (Å²) in [6, 6.07) is 58.2. The average Bonchev–Trinajstić information content (AvgIpc) is 3.31. The number of fused-ring (bicyclic) bond motifs is 4. The van der Waals surface area contributed by atoms with Crippen molar-refractivity contribution in [1.29, 1.82) is 0 Å². The summed E-state index contributed by atoms with van der Waals surface area (Å²) in [7, 11) is 0. The van der Waals surface area contributed by atoms with Gasteiger partial charge in [0.2, 0.25) is 0 Å². The predicted octanol–water partition coefficient (Wildman–Crippen LogP) is 15.1. The molecule has 0 fully saturated rings. The lowest BCUT2D eigenvalue weighted by molar-refractivity contribution is 1.14. The van der Waals surface area contributed by atoms with Gasteiger partial charge in [-0.25, -0.2) is 9.97 Å². The van der Waals surface area contributed by atoms with E-state index in [1.54, 1.807) is 0 Å². The van der Waals surface area contributed by atoms with Gasteiger partial charge in [0.1, 0.15) is 0 Å². The molecule has 0 N–H and O–H groups in total. The molecular formula is C56H43N3. The van der Waals surface area contributed by atoms with Crippen molar-refractivity contribution in [3.63, 3.8) is 0 Å². The van der Waals surface area contributed by atoms with Crippen molar-refractivity contribution < 1.29 is 0 Å². The summed E-state index contributed by atoms with van der Waals surface area (Å²) in [5.41, 5.74) is 13.6. The molecule has 282 valence electrons. The number of aromatic nitrogens is 2. The maximum Gasteiger partial charge on any atom is 0.160 e. The number of aliphatic imine (C=N–C) groups is 1. The molecule has 0 aliphatic rings. The van der Waals surface area contributed by atoms with Gasteiger partial charge in [0, 0.05) is 29.4 Å². The SMILES string of the molecule is C=Cc1c(C=C)c2ccc(-c3cccc(-c4nc(-c5ccc(-c6cccc7ccccc67)cc5)cc(-c5cccc(/C(C=NCC)=C/C)c5)n4)c3)cc2c2ccccc12. The molecular weight excluding hydrogens is 715 g/mol. The van der Waals surface area contributed by atoms with E-state index in [2.05, 4.69) is 188 Å². The summed E-state index contributed by atoms with van der Waals surface area (Å²) in [4.78, 5) is 15.1. The van der Waals surface area contributed by atoms with E-state index in [0.717, 1.165) is 79.0 Å². The second-order valence-corrected chi connectivity index (χ2v) is 14.6. The highest BCUT2D eigenvalue weighted by Crippen LogP contribution is 2.38. The molecule has 1 aromatic heterocycles. The van der Waals surface area contributed by atoms with Gasteiger partial charge in [0.15, 0.2) is 5.82 Å². The second-order valence-electron chi connectivity index (χ2n) is 14.6. The fourth-order valence-electron chi connectivity index (χ4n) is 8.24. The minimum Gasteiger partial charge on any atom is -0.293 e. The molecule has 0 aliphatic carbocycles. The standard InChI is InChI=1S/C56H43N3/c1-5-37(36-57-8-4)41-18-13-20-44(32-41)55-35-54(40-28-26-39(27-29-40)49-25-15-17-38-16-9-10-22-48(38)49)58-56(59-55)45-21-14-19-42(33-45)43-30-31-52-47(7-3)46(6-2)50-23-11-12-24-51(50)53(52)34-43/h5-7,9-36H,2-3,8H2,1,4H3/b37-5+,57-36?. The third-order valence-corrected chi connectivity index (χ3v) is 11.2. The van der Waals surface area contributed by atoms with Gasteiger partial charge in [-0.1, -0.05) is 171 Å². The highest BCUT2D eigenvalue weighted by Gasteiger charge is 2.15. The summed E-state index contributed by atoms with van der Waals surface area (Å²) < 4.78 is 0. The zero-order valence-corrected chi connectivity index (χ0v) is 33.4. The van der Waals surface area contributed by atoms with E-state index in [9.17, 15) is 0 Å². The van der Waals surface area contributed by atoms with Crippen LogP contribution in [0, 0.1) is 0 Å². The minimum absolute atomic E-state index is 0.664. The van der Waals surface area contributed by atoms with Crippen molar-refractivity contribution in [2.24, 2.45) is 4.99 Å². The van der Waals surface area contributed by atoms with Crippen molar-refractivity contribution in [3.05, 3.63) is 200 Å². The molecule has 0 saturated heterocycles. The zero-order valence-electron chi connectivity index (χ0n) is 33.4. The van der Waals surface area contributed by atoms with Gasteiger partial charge in [-0.15, -0.1) is 0 Å². The first kappa shape index (κ1) is 37.1. The second kappa shape index (κ2) is 16.2. The number of hydrogen-bond acceptors (Lipinski definition) is 3. The van der Waals surface area contributed by atoms with Gasteiger partial charge in [-0.3, -0.25) is 4.99 Å². The van der Waals surface area contributed by atoms with Crippen molar-refractivity contribution in [2.45, 2.75) is 13.8 Å². The fraction of sp³-hybridized carbons (Fsp3) is 0.0536. The maximum atomic E-state index is 5.27. The van der Waals surface area contributed by atoms with Gasteiger partial charge in [-0.2, -0.15) is 0 Å². The van der Waals surface area contributed by atoms with Crippen molar-refractivity contribution >= 4 is 56.3 Å². The molecule has 0 bridgehead atoms. The van der Waals surface area contributed by atoms with Crippen LogP contribution in [0.4, 0.5) is 0 Å². The van der Waals surface area contributed by atoms with E-state index < -0.39 is 0 Å². The fourth-order valence-corrected chi connectivity index (χ4v) is 8.24. The first-order valence-corrected chi connectivity index (χ1v) is 20.2. The number of rotatable bonds is 10. The minimum atomic E-state index is 0.664. The molecule has 0 amide bonds. The van der Waals surface area contributed by atoms with Crippen LogP contribution in [0.15, 0.2) is 188 Å². The largest absolute Gasteiger partial charge is 0.293 e. The van der Waals surface area contributed by atoms with Gasteiger partial charge < -0.3 is 0 Å². The van der Waals surface area contributed by atoms with Crippen LogP contribution in [0.2, 0.25) is 0 Å². The van der Waals surface area contributed by atoms with Crippen LogP contribution in [0.5, 0.6) is 0 Å². The zero-order chi connectivity index (χ0) is 40.3. The molecule has 0 saturated carbocycles. The molecule has 8 aromatic carbocycles. The Morgan fingerprint density at radius 3 is 1.86 bits per heavy atom. The summed E-state index contributed by atoms with van der Waals surface area (Å²) in [6.45, 7) is 13.1. The molecule has 0 spiro atoms. The van der Waals surface area contributed by atoms with Crippen LogP contribution in [0.1, 0.15) is 30.5 Å². The van der Waals surface area contributed by atoms with E-state index >= 15 is 0 Å². The van der Waals surface area contributed by atoms with E-state index in [4.69, 9.17) is 9.97 Å². The molecule has 0 aliphatic heterocycles. The molecule has 3 heteroatoms. The highest BCUT2D eigenvalue weighted by molar-refractivity contribution is 6.15. The number of benzene rings is 8. The summed E-state index contributed by atoms with van der Waals surface area (Å²) in [5.74, 6) is 0.664. The first-order chi connectivity index (χ1) is 29.1. The van der Waals surface area contributed by atoms with E-state index in [0.29, 0.717) is 5.82 Å². The third-order valence-electron chi connectivity index (χ3n) is 11.2. The van der Waals surface area contributed by atoms with Gasteiger partial charge in [0.25, 0.3) is 0 Å². The predicted molar refractivity (Wildman–Crippen MR) is 255 cm³/mol. The maximum absolute atomic E-state index is 5.27. The Hall–Kier alpha value is -7.49. The quantitative estimate of drug-likeness (QED) is 0.103. The molecule has 1 heterocycles. The Bertz CT molecular complexity index is 3120. The molecule has 59 heavy (non-hydrogen) atoms. The van der Waals surface area contributed by atoms with Crippen LogP contribution in [0.25, 0.3) is 106 Å². The Morgan fingerprint density at radius 2 is 1.10 bits per heavy atom. The van der Waals surface area contributed by atoms with Crippen LogP contribution in [-0.2, 0) is 0 Å². The van der Waals surface area contributed by atoms with E-state index in [-0.39, 0.29) is 0 Å². The monoisotopic (exact) mass is 757 g/mol. The smallest absolute Gasteiger partial charge is 0.160 e. The van der Waals surface area contributed by atoms with Crippen molar-refractivity contribution in [1.82, 2.24) is 9.97 Å². The Kier molecular flexibility index (Phi) is 10.2. The lowest BCUT2D eigenvalue weighted by atomic mass is 9.89. The Labute approximate surface area is 346 Å². The van der Waals surface area contributed by atoms with Gasteiger partial charge in [-0.05, 0) is 115 Å². The van der Waals surface area contributed by atoms with Crippen LogP contribution < -0.4 is 0 Å². The number of allylic oxidation sites excluding steroid dienone is 2. The molecule has 9 rings (SSSR count). The molecule has 0 atom stereocenters. The lowest BCUT2D eigenvalue weighted by Gasteiger charge is -2.15. The molecule has 0 unspecified atom stereocenters. The summed E-state index contributed by atoms with van der Waals surface area (Å²) >= 11 is 0. The topological polar surface area (TPSA) is 38.1 Å². The first-order valence-electron chi connectivity index (χ1n) is 20.2. The van der Waals surface area contributed by atoms with E-state index in [1.807, 2.05) is 32.2 Å². The normalized spacial score (nSPS) is 11.8. The van der Waals surface area contributed by atoms with E-state index in [1.165, 1.54) is 32.5 Å². The van der Waals surface area contributed by atoms with Crippen molar-refractivity contribution in [3.8, 4) is 56.2 Å².